The third kappa shape index (κ3) is 2.47. The van der Waals surface area contributed by atoms with Crippen molar-refractivity contribution in [2.45, 2.75) is 0 Å². The summed E-state index contributed by atoms with van der Waals surface area (Å²) in [5.74, 6) is 0. The van der Waals surface area contributed by atoms with E-state index < -0.39 is 0 Å². The van der Waals surface area contributed by atoms with Crippen LogP contribution in [0.3, 0.4) is 0 Å². The van der Waals surface area contributed by atoms with Gasteiger partial charge in [0.1, 0.15) is 0 Å². The van der Waals surface area contributed by atoms with Gasteiger partial charge in [-0.25, -0.2) is 0 Å². The van der Waals surface area contributed by atoms with Crippen molar-refractivity contribution in [3.63, 3.8) is 0 Å². The molecule has 0 unspecified atom stereocenters. The van der Waals surface area contributed by atoms with Crippen LogP contribution in [0.5, 0.6) is 0 Å². The molecule has 0 fully saturated rings. The third-order valence-electron chi connectivity index (χ3n) is 4.26. The lowest BCUT2D eigenvalue weighted by atomic mass is 9.96. The van der Waals surface area contributed by atoms with Crippen LogP contribution >= 0.6 is 0 Å². The molecule has 0 aliphatic rings. The summed E-state index contributed by atoms with van der Waals surface area (Å²) in [5, 5.41) is 2.27. The zero-order valence-electron chi connectivity index (χ0n) is 12.7. The molecule has 0 atom stereocenters. The van der Waals surface area contributed by atoms with Gasteiger partial charge in [0.05, 0.1) is 0 Å². The summed E-state index contributed by atoms with van der Waals surface area (Å²) in [4.78, 5) is 0. The third-order valence-corrected chi connectivity index (χ3v) is 4.26. The van der Waals surface area contributed by atoms with Crippen LogP contribution in [0.25, 0.3) is 33.0 Å². The van der Waals surface area contributed by atoms with Gasteiger partial charge in [-0.05, 0) is 28.1 Å². The Kier molecular flexibility index (Phi) is 3.32. The smallest absolute Gasteiger partial charge is 0.0473 e. The summed E-state index contributed by atoms with van der Waals surface area (Å²) >= 11 is 0. The predicted octanol–water partition coefficient (Wildman–Crippen LogP) is 5.76. The quantitative estimate of drug-likeness (QED) is 0.468. The number of benzene rings is 4. The number of hydrogen-bond donors (Lipinski definition) is 1. The molecular weight excluding hydrogens is 278 g/mol. The molecule has 4 rings (SSSR count). The van der Waals surface area contributed by atoms with Crippen molar-refractivity contribution in [3.8, 4) is 22.3 Å². The van der Waals surface area contributed by atoms with Crippen LogP contribution in [-0.2, 0) is 0 Å². The standard InChI is InChI=1S/C22H17N/c23-22-20(17-9-5-2-6-10-17)14-13-18-11-12-19(15-21(18)22)16-7-3-1-4-8-16/h1-15H,23H2. The Hall–Kier alpha value is -3.06. The van der Waals surface area contributed by atoms with Gasteiger partial charge in [-0.3, -0.25) is 0 Å². The maximum absolute atomic E-state index is 6.50. The second-order valence-corrected chi connectivity index (χ2v) is 5.69. The van der Waals surface area contributed by atoms with Crippen LogP contribution in [0.1, 0.15) is 0 Å². The Labute approximate surface area is 136 Å². The molecule has 0 radical (unpaired) electrons. The number of nitrogen functional groups attached to an aromatic ring is 1. The van der Waals surface area contributed by atoms with E-state index in [0.29, 0.717) is 0 Å². The summed E-state index contributed by atoms with van der Waals surface area (Å²) in [6, 6.07) is 31.4. The van der Waals surface area contributed by atoms with Gasteiger partial charge in [-0.15, -0.1) is 0 Å². The zero-order chi connectivity index (χ0) is 15.6. The Bertz CT molecular complexity index is 952. The molecule has 110 valence electrons. The van der Waals surface area contributed by atoms with Crippen molar-refractivity contribution in [3.05, 3.63) is 91.0 Å². The Morgan fingerprint density at radius 3 is 1.83 bits per heavy atom. The van der Waals surface area contributed by atoms with Crippen molar-refractivity contribution in [1.29, 1.82) is 0 Å². The van der Waals surface area contributed by atoms with Gasteiger partial charge < -0.3 is 5.73 Å². The molecule has 4 aromatic carbocycles. The van der Waals surface area contributed by atoms with Crippen molar-refractivity contribution < 1.29 is 0 Å². The first-order valence-corrected chi connectivity index (χ1v) is 7.76. The number of nitrogens with two attached hydrogens (primary N) is 1. The molecule has 23 heavy (non-hydrogen) atoms. The van der Waals surface area contributed by atoms with Gasteiger partial charge in [0.15, 0.2) is 0 Å². The van der Waals surface area contributed by atoms with E-state index >= 15 is 0 Å². The maximum atomic E-state index is 6.50. The molecule has 0 saturated carbocycles. The number of hydrogen-bond acceptors (Lipinski definition) is 1. The molecule has 0 amide bonds. The highest BCUT2D eigenvalue weighted by atomic mass is 14.6. The minimum absolute atomic E-state index is 0.839. The molecule has 0 aromatic heterocycles. The molecule has 0 aliphatic heterocycles. The van der Waals surface area contributed by atoms with Gasteiger partial charge in [0.2, 0.25) is 0 Å². The van der Waals surface area contributed by atoms with Gasteiger partial charge in [-0.1, -0.05) is 84.9 Å². The highest BCUT2D eigenvalue weighted by Gasteiger charge is 2.08. The summed E-state index contributed by atoms with van der Waals surface area (Å²) in [5.41, 5.74) is 12.0. The molecule has 1 nitrogen and oxygen atoms in total. The zero-order valence-corrected chi connectivity index (χ0v) is 12.7. The second-order valence-electron chi connectivity index (χ2n) is 5.69. The molecule has 0 bridgehead atoms. The van der Waals surface area contributed by atoms with Gasteiger partial charge in [0, 0.05) is 16.6 Å². The number of anilines is 1. The van der Waals surface area contributed by atoms with Crippen LogP contribution in [-0.4, -0.2) is 0 Å². The summed E-state index contributed by atoms with van der Waals surface area (Å²) in [6.07, 6.45) is 0. The average molecular weight is 295 g/mol. The number of rotatable bonds is 2. The Balaban J connectivity index is 1.92. The van der Waals surface area contributed by atoms with Gasteiger partial charge in [-0.2, -0.15) is 0 Å². The van der Waals surface area contributed by atoms with Crippen LogP contribution in [0, 0.1) is 0 Å². The molecule has 0 spiro atoms. The SMILES string of the molecule is Nc1c(-c2ccccc2)ccc2ccc(-c3ccccc3)cc12. The molecular formula is C22H17N. The maximum Gasteiger partial charge on any atom is 0.0473 e. The summed E-state index contributed by atoms with van der Waals surface area (Å²) < 4.78 is 0. The van der Waals surface area contributed by atoms with E-state index in [1.54, 1.807) is 0 Å². The van der Waals surface area contributed by atoms with Gasteiger partial charge in [0.25, 0.3) is 0 Å². The van der Waals surface area contributed by atoms with Crippen molar-refractivity contribution in [2.24, 2.45) is 0 Å². The molecule has 0 heterocycles. The largest absolute Gasteiger partial charge is 0.398 e. The monoisotopic (exact) mass is 295 g/mol. The van der Waals surface area contributed by atoms with Crippen LogP contribution in [0.2, 0.25) is 0 Å². The lowest BCUT2D eigenvalue weighted by molar-refractivity contribution is 1.62. The van der Waals surface area contributed by atoms with Gasteiger partial charge >= 0.3 is 0 Å². The molecule has 2 N–H and O–H groups in total. The molecule has 1 heteroatoms. The first-order chi connectivity index (χ1) is 11.3. The topological polar surface area (TPSA) is 26.0 Å². The first-order valence-electron chi connectivity index (χ1n) is 7.76. The Morgan fingerprint density at radius 1 is 0.522 bits per heavy atom. The fourth-order valence-electron chi connectivity index (χ4n) is 3.02. The fourth-order valence-corrected chi connectivity index (χ4v) is 3.02. The number of fused-ring (bicyclic) bond motifs is 1. The molecule has 0 aliphatic carbocycles. The molecule has 0 saturated heterocycles. The van der Waals surface area contributed by atoms with Crippen LogP contribution in [0.4, 0.5) is 5.69 Å². The van der Waals surface area contributed by atoms with Crippen LogP contribution < -0.4 is 5.73 Å². The predicted molar refractivity (Wildman–Crippen MR) is 99.2 cm³/mol. The van der Waals surface area contributed by atoms with Crippen molar-refractivity contribution in [2.75, 3.05) is 5.73 Å². The van der Waals surface area contributed by atoms with Crippen molar-refractivity contribution in [1.82, 2.24) is 0 Å². The average Bonchev–Trinajstić information content (AvgIpc) is 2.63. The highest BCUT2D eigenvalue weighted by molar-refractivity contribution is 6.02. The Morgan fingerprint density at radius 2 is 1.13 bits per heavy atom. The van der Waals surface area contributed by atoms with E-state index in [2.05, 4.69) is 66.7 Å². The van der Waals surface area contributed by atoms with E-state index in [0.717, 1.165) is 22.2 Å². The lowest BCUT2D eigenvalue weighted by Crippen LogP contribution is -1.92. The first kappa shape index (κ1) is 13.6. The fraction of sp³-hybridized carbons (Fsp3) is 0. The van der Waals surface area contributed by atoms with E-state index in [4.69, 9.17) is 5.73 Å². The summed E-state index contributed by atoms with van der Waals surface area (Å²) in [7, 11) is 0. The van der Waals surface area contributed by atoms with E-state index in [9.17, 15) is 0 Å². The summed E-state index contributed by atoms with van der Waals surface area (Å²) in [6.45, 7) is 0. The second kappa shape index (κ2) is 5.62. The normalized spacial score (nSPS) is 10.8. The lowest BCUT2D eigenvalue weighted by Gasteiger charge is -2.11. The van der Waals surface area contributed by atoms with E-state index in [-0.39, 0.29) is 0 Å². The molecule has 4 aromatic rings. The minimum Gasteiger partial charge on any atom is -0.398 e. The van der Waals surface area contributed by atoms with E-state index in [1.807, 2.05) is 24.3 Å². The highest BCUT2D eigenvalue weighted by Crippen LogP contribution is 2.34. The van der Waals surface area contributed by atoms with E-state index in [1.165, 1.54) is 16.5 Å². The minimum atomic E-state index is 0.839. The van der Waals surface area contributed by atoms with Crippen molar-refractivity contribution >= 4 is 16.5 Å². The van der Waals surface area contributed by atoms with Crippen LogP contribution in [0.15, 0.2) is 91.0 Å².